The number of carbonyl (C=O) groups is 2. The first-order chi connectivity index (χ1) is 10.7. The predicted molar refractivity (Wildman–Crippen MR) is 77.1 cm³/mol. The third-order valence-electron chi connectivity index (χ3n) is 2.76. The molecular weight excluding hydrogens is 315 g/mol. The molecule has 1 unspecified atom stereocenters. The molecule has 0 aliphatic carbocycles. The Hall–Kier alpha value is -2.29. The van der Waals surface area contributed by atoms with Gasteiger partial charge in [-0.1, -0.05) is 0 Å². The van der Waals surface area contributed by atoms with Crippen LogP contribution in [0.25, 0.3) is 0 Å². The fourth-order valence-corrected chi connectivity index (χ4v) is 1.76. The van der Waals surface area contributed by atoms with E-state index in [9.17, 15) is 22.8 Å². The number of hydrogen-bond acceptors (Lipinski definition) is 3. The van der Waals surface area contributed by atoms with Crippen LogP contribution in [0.2, 0.25) is 0 Å². The van der Waals surface area contributed by atoms with E-state index in [1.54, 1.807) is 7.05 Å². The van der Waals surface area contributed by atoms with Crippen molar-refractivity contribution in [3.05, 3.63) is 24.3 Å². The number of ether oxygens (including phenoxy) is 1. The fraction of sp³-hybridized carbons (Fsp3) is 0.429. The largest absolute Gasteiger partial charge is 0.573 e. The van der Waals surface area contributed by atoms with Gasteiger partial charge in [0.25, 0.3) is 5.91 Å². The number of amides is 2. The maximum Gasteiger partial charge on any atom is 0.573 e. The van der Waals surface area contributed by atoms with Gasteiger partial charge in [0, 0.05) is 12.6 Å². The third kappa shape index (κ3) is 8.67. The molecule has 0 fully saturated rings. The molecular formula is C14H19F3N3O3+. The zero-order valence-corrected chi connectivity index (χ0v) is 12.8. The van der Waals surface area contributed by atoms with Gasteiger partial charge in [-0.05, 0) is 24.3 Å². The van der Waals surface area contributed by atoms with Gasteiger partial charge in [-0.25, -0.2) is 0 Å². The molecule has 1 rings (SSSR count). The molecule has 1 aromatic carbocycles. The second-order valence-corrected chi connectivity index (χ2v) is 4.99. The molecule has 0 heterocycles. The van der Waals surface area contributed by atoms with Crippen molar-refractivity contribution >= 4 is 17.5 Å². The maximum atomic E-state index is 12.0. The molecule has 0 spiro atoms. The molecule has 0 saturated heterocycles. The first-order valence-corrected chi connectivity index (χ1v) is 6.87. The zero-order chi connectivity index (χ0) is 17.5. The van der Waals surface area contributed by atoms with E-state index >= 15 is 0 Å². The molecule has 9 heteroatoms. The summed E-state index contributed by atoms with van der Waals surface area (Å²) < 4.78 is 39.8. The van der Waals surface area contributed by atoms with Crippen molar-refractivity contribution in [2.75, 3.05) is 32.0 Å². The standard InChI is InChI=1S/C14H18F3N3O3/c1-10(21)18-7-8-20(2)9-13(22)19-11-3-5-12(6-4-11)23-14(15,16)17/h3-6H,7-9H2,1-2H3,(H,18,21)(H,19,22)/p+1. The molecule has 128 valence electrons. The highest BCUT2D eigenvalue weighted by Crippen LogP contribution is 2.23. The van der Waals surface area contributed by atoms with Crippen LogP contribution >= 0.6 is 0 Å². The molecule has 0 aliphatic rings. The number of nitrogens with one attached hydrogen (secondary N) is 3. The van der Waals surface area contributed by atoms with E-state index in [-0.39, 0.29) is 24.1 Å². The molecule has 0 saturated carbocycles. The lowest BCUT2D eigenvalue weighted by Gasteiger charge is -2.14. The second kappa shape index (κ2) is 8.37. The van der Waals surface area contributed by atoms with Gasteiger partial charge in [0.15, 0.2) is 6.54 Å². The Balaban J connectivity index is 2.40. The van der Waals surface area contributed by atoms with Gasteiger partial charge in [-0.2, -0.15) is 0 Å². The molecule has 2 amide bonds. The van der Waals surface area contributed by atoms with Crippen LogP contribution in [0.1, 0.15) is 6.92 Å². The summed E-state index contributed by atoms with van der Waals surface area (Å²) in [4.78, 5) is 23.4. The van der Waals surface area contributed by atoms with Gasteiger partial charge < -0.3 is 20.3 Å². The van der Waals surface area contributed by atoms with Gasteiger partial charge >= 0.3 is 6.36 Å². The molecule has 6 nitrogen and oxygen atoms in total. The average molecular weight is 334 g/mol. The Morgan fingerprint density at radius 3 is 2.35 bits per heavy atom. The Bertz CT molecular complexity index is 532. The number of quaternary nitrogens is 1. The van der Waals surface area contributed by atoms with E-state index in [1.807, 2.05) is 0 Å². The third-order valence-corrected chi connectivity index (χ3v) is 2.76. The lowest BCUT2D eigenvalue weighted by atomic mass is 10.3. The van der Waals surface area contributed by atoms with Crippen molar-refractivity contribution in [2.45, 2.75) is 13.3 Å². The van der Waals surface area contributed by atoms with Gasteiger partial charge in [0.2, 0.25) is 5.91 Å². The van der Waals surface area contributed by atoms with Crippen LogP contribution in [0.15, 0.2) is 24.3 Å². The summed E-state index contributed by atoms with van der Waals surface area (Å²) in [6.45, 7) is 2.61. The monoisotopic (exact) mass is 334 g/mol. The number of hydrogen-bond donors (Lipinski definition) is 3. The Morgan fingerprint density at radius 2 is 1.83 bits per heavy atom. The number of anilines is 1. The van der Waals surface area contributed by atoms with Crippen LogP contribution in [0.5, 0.6) is 5.75 Å². The van der Waals surface area contributed by atoms with Crippen LogP contribution < -0.4 is 20.3 Å². The summed E-state index contributed by atoms with van der Waals surface area (Å²) >= 11 is 0. The minimum atomic E-state index is -4.75. The van der Waals surface area contributed by atoms with Crippen molar-refractivity contribution in [2.24, 2.45) is 0 Å². The van der Waals surface area contributed by atoms with Crippen molar-refractivity contribution in [1.29, 1.82) is 0 Å². The molecule has 1 atom stereocenters. The van der Waals surface area contributed by atoms with E-state index < -0.39 is 6.36 Å². The van der Waals surface area contributed by atoms with Crippen LogP contribution in [-0.4, -0.2) is 44.9 Å². The van der Waals surface area contributed by atoms with Crippen LogP contribution in [0.4, 0.5) is 18.9 Å². The first kappa shape index (κ1) is 18.8. The van der Waals surface area contributed by atoms with Gasteiger partial charge in [-0.3, -0.25) is 9.59 Å². The molecule has 0 radical (unpaired) electrons. The van der Waals surface area contributed by atoms with E-state index in [2.05, 4.69) is 15.4 Å². The predicted octanol–water partition coefficient (Wildman–Crippen LogP) is 0.175. The number of carbonyl (C=O) groups excluding carboxylic acids is 2. The Labute approximate surface area is 131 Å². The highest BCUT2D eigenvalue weighted by Gasteiger charge is 2.30. The number of halogens is 3. The zero-order valence-electron chi connectivity index (χ0n) is 12.8. The fourth-order valence-electron chi connectivity index (χ4n) is 1.76. The van der Waals surface area contributed by atoms with Crippen molar-refractivity contribution in [3.8, 4) is 5.75 Å². The number of benzene rings is 1. The van der Waals surface area contributed by atoms with Crippen LogP contribution in [0, 0.1) is 0 Å². The molecule has 0 bridgehead atoms. The minimum absolute atomic E-state index is 0.136. The minimum Gasteiger partial charge on any atom is -0.406 e. The first-order valence-electron chi connectivity index (χ1n) is 6.87. The second-order valence-electron chi connectivity index (χ2n) is 4.99. The van der Waals surface area contributed by atoms with Crippen LogP contribution in [0.3, 0.4) is 0 Å². The summed E-state index contributed by atoms with van der Waals surface area (Å²) in [6.07, 6.45) is -4.75. The quantitative estimate of drug-likeness (QED) is 0.666. The van der Waals surface area contributed by atoms with E-state index in [0.717, 1.165) is 17.0 Å². The molecule has 0 aliphatic heterocycles. The maximum absolute atomic E-state index is 12.0. The normalized spacial score (nSPS) is 12.4. The summed E-state index contributed by atoms with van der Waals surface area (Å²) in [5.74, 6) is -0.771. The number of likely N-dealkylation sites (N-methyl/N-ethyl adjacent to an activating group) is 1. The molecule has 23 heavy (non-hydrogen) atoms. The van der Waals surface area contributed by atoms with E-state index in [4.69, 9.17) is 0 Å². The van der Waals surface area contributed by atoms with Crippen LogP contribution in [-0.2, 0) is 9.59 Å². The van der Waals surface area contributed by atoms with E-state index in [1.165, 1.54) is 19.1 Å². The summed E-state index contributed by atoms with van der Waals surface area (Å²) in [6, 6.07) is 4.89. The van der Waals surface area contributed by atoms with Gasteiger partial charge in [0.05, 0.1) is 20.1 Å². The summed E-state index contributed by atoms with van der Waals surface area (Å²) in [5.41, 5.74) is 0.374. The number of rotatable bonds is 7. The van der Waals surface area contributed by atoms with E-state index in [0.29, 0.717) is 18.8 Å². The van der Waals surface area contributed by atoms with Crippen molar-refractivity contribution < 1.29 is 32.4 Å². The molecule has 0 aromatic heterocycles. The lowest BCUT2D eigenvalue weighted by Crippen LogP contribution is -3.10. The highest BCUT2D eigenvalue weighted by atomic mass is 19.4. The lowest BCUT2D eigenvalue weighted by molar-refractivity contribution is -0.869. The molecule has 1 aromatic rings. The Kier molecular flexibility index (Phi) is 6.83. The number of alkyl halides is 3. The topological polar surface area (TPSA) is 71.9 Å². The average Bonchev–Trinajstić information content (AvgIpc) is 2.38. The summed E-state index contributed by atoms with van der Waals surface area (Å²) in [5, 5.41) is 5.21. The van der Waals surface area contributed by atoms with Gasteiger partial charge in [-0.15, -0.1) is 13.2 Å². The van der Waals surface area contributed by atoms with Crippen molar-refractivity contribution in [3.63, 3.8) is 0 Å². The summed E-state index contributed by atoms with van der Waals surface area (Å²) in [7, 11) is 1.79. The van der Waals surface area contributed by atoms with Crippen molar-refractivity contribution in [1.82, 2.24) is 5.32 Å². The highest BCUT2D eigenvalue weighted by molar-refractivity contribution is 5.91. The molecule has 3 N–H and O–H groups in total. The Morgan fingerprint density at radius 1 is 1.22 bits per heavy atom. The van der Waals surface area contributed by atoms with Gasteiger partial charge in [0.1, 0.15) is 5.75 Å². The SMILES string of the molecule is CC(=O)NCC[NH+](C)CC(=O)Nc1ccc(OC(F)(F)F)cc1. The smallest absolute Gasteiger partial charge is 0.406 e.